The van der Waals surface area contributed by atoms with Gasteiger partial charge in [0.2, 0.25) is 0 Å². The number of urea groups is 1. The van der Waals surface area contributed by atoms with Crippen LogP contribution in [0.15, 0.2) is 24.3 Å². The summed E-state index contributed by atoms with van der Waals surface area (Å²) in [4.78, 5) is 11.5. The summed E-state index contributed by atoms with van der Waals surface area (Å²) in [6.07, 6.45) is -3.64. The summed E-state index contributed by atoms with van der Waals surface area (Å²) < 4.78 is 37.6. The highest BCUT2D eigenvalue weighted by atomic mass is 19.4. The molecule has 0 heterocycles. The van der Waals surface area contributed by atoms with E-state index < -0.39 is 23.9 Å². The van der Waals surface area contributed by atoms with Crippen molar-refractivity contribution in [2.75, 3.05) is 6.54 Å². The Hall–Kier alpha value is -1.76. The van der Waals surface area contributed by atoms with Crippen LogP contribution < -0.4 is 10.6 Å². The van der Waals surface area contributed by atoms with E-state index in [4.69, 9.17) is 0 Å². The van der Waals surface area contributed by atoms with Crippen LogP contribution in [0.3, 0.4) is 0 Å². The smallest absolute Gasteiger partial charge is 0.391 e. The molecule has 0 fully saturated rings. The number of carbonyl (C=O) groups excluding carboxylic acids is 1. The molecule has 1 unspecified atom stereocenters. The standard InChI is InChI=1S/C14H19F3N2O2/c1-2-4-12(20)9-19-13(21)18-8-10-5-3-6-11(7-10)14(15,16)17/h3,5-7,12,20H,2,4,8-9H2,1H3,(H2,18,19,21). The molecule has 1 atom stereocenters. The number of rotatable bonds is 6. The highest BCUT2D eigenvalue weighted by molar-refractivity contribution is 5.73. The van der Waals surface area contributed by atoms with E-state index in [2.05, 4.69) is 10.6 Å². The Morgan fingerprint density at radius 3 is 2.67 bits per heavy atom. The zero-order chi connectivity index (χ0) is 15.9. The molecule has 0 aliphatic carbocycles. The molecule has 7 heteroatoms. The molecular weight excluding hydrogens is 285 g/mol. The Labute approximate surface area is 121 Å². The molecule has 0 bridgehead atoms. The van der Waals surface area contributed by atoms with Gasteiger partial charge < -0.3 is 15.7 Å². The molecule has 1 rings (SSSR count). The van der Waals surface area contributed by atoms with Gasteiger partial charge in [-0.05, 0) is 24.1 Å². The first-order chi connectivity index (χ1) is 9.82. The molecule has 0 aliphatic heterocycles. The summed E-state index contributed by atoms with van der Waals surface area (Å²) in [7, 11) is 0. The highest BCUT2D eigenvalue weighted by Gasteiger charge is 2.30. The van der Waals surface area contributed by atoms with E-state index in [1.54, 1.807) is 0 Å². The molecule has 118 valence electrons. The van der Waals surface area contributed by atoms with Gasteiger partial charge in [0.05, 0.1) is 11.7 Å². The maximum atomic E-state index is 12.5. The van der Waals surface area contributed by atoms with Gasteiger partial charge >= 0.3 is 12.2 Å². The molecule has 4 nitrogen and oxygen atoms in total. The second kappa shape index (κ2) is 7.87. The Morgan fingerprint density at radius 1 is 1.33 bits per heavy atom. The number of aliphatic hydroxyl groups is 1. The first-order valence-corrected chi connectivity index (χ1v) is 6.68. The Morgan fingerprint density at radius 2 is 2.05 bits per heavy atom. The van der Waals surface area contributed by atoms with Crippen molar-refractivity contribution in [3.63, 3.8) is 0 Å². The molecule has 0 radical (unpaired) electrons. The first-order valence-electron chi connectivity index (χ1n) is 6.68. The number of alkyl halides is 3. The van der Waals surface area contributed by atoms with Crippen molar-refractivity contribution >= 4 is 6.03 Å². The van der Waals surface area contributed by atoms with Crippen LogP contribution in [0.1, 0.15) is 30.9 Å². The maximum Gasteiger partial charge on any atom is 0.416 e. The normalized spacial score (nSPS) is 12.8. The molecule has 3 N–H and O–H groups in total. The van der Waals surface area contributed by atoms with Crippen LogP contribution in [-0.2, 0) is 12.7 Å². The third kappa shape index (κ3) is 6.48. The summed E-state index contributed by atoms with van der Waals surface area (Å²) >= 11 is 0. The topological polar surface area (TPSA) is 61.4 Å². The lowest BCUT2D eigenvalue weighted by Gasteiger charge is -2.12. The van der Waals surface area contributed by atoms with Crippen molar-refractivity contribution in [1.29, 1.82) is 0 Å². The molecule has 1 aromatic rings. The number of amides is 2. The molecule has 21 heavy (non-hydrogen) atoms. The van der Waals surface area contributed by atoms with Crippen LogP contribution in [0.2, 0.25) is 0 Å². The van der Waals surface area contributed by atoms with Gasteiger partial charge in [-0.15, -0.1) is 0 Å². The predicted octanol–water partition coefficient (Wildman–Crippen LogP) is 2.67. The fourth-order valence-electron chi connectivity index (χ4n) is 1.75. The second-order valence-corrected chi connectivity index (χ2v) is 4.70. The van der Waals surface area contributed by atoms with Crippen molar-refractivity contribution in [1.82, 2.24) is 10.6 Å². The van der Waals surface area contributed by atoms with Gasteiger partial charge in [-0.1, -0.05) is 25.5 Å². The fraction of sp³-hybridized carbons (Fsp3) is 0.500. The van der Waals surface area contributed by atoms with Gasteiger partial charge in [-0.2, -0.15) is 13.2 Å². The van der Waals surface area contributed by atoms with Gasteiger partial charge in [-0.3, -0.25) is 0 Å². The quantitative estimate of drug-likeness (QED) is 0.756. The number of benzene rings is 1. The van der Waals surface area contributed by atoms with Crippen molar-refractivity contribution in [2.45, 2.75) is 38.6 Å². The Kier molecular flexibility index (Phi) is 6.48. The molecule has 0 aliphatic rings. The minimum Gasteiger partial charge on any atom is -0.391 e. The second-order valence-electron chi connectivity index (χ2n) is 4.70. The minimum absolute atomic E-state index is 0.0143. The first kappa shape index (κ1) is 17.3. The number of aliphatic hydroxyl groups excluding tert-OH is 1. The van der Waals surface area contributed by atoms with Crippen molar-refractivity contribution in [3.05, 3.63) is 35.4 Å². The van der Waals surface area contributed by atoms with E-state index in [0.29, 0.717) is 12.0 Å². The van der Waals surface area contributed by atoms with Gasteiger partial charge in [0.1, 0.15) is 0 Å². The molecule has 0 saturated carbocycles. The van der Waals surface area contributed by atoms with Crippen LogP contribution in [0, 0.1) is 0 Å². The summed E-state index contributed by atoms with van der Waals surface area (Å²) in [5.74, 6) is 0. The monoisotopic (exact) mass is 304 g/mol. The summed E-state index contributed by atoms with van der Waals surface area (Å²) in [6, 6.07) is 4.24. The SMILES string of the molecule is CCCC(O)CNC(=O)NCc1cccc(C(F)(F)F)c1. The number of carbonyl (C=O) groups is 1. The molecule has 0 aromatic heterocycles. The van der Waals surface area contributed by atoms with Crippen molar-refractivity contribution < 1.29 is 23.1 Å². The molecular formula is C14H19F3N2O2. The number of nitrogens with one attached hydrogen (secondary N) is 2. The maximum absolute atomic E-state index is 12.5. The van der Waals surface area contributed by atoms with E-state index in [1.807, 2.05) is 6.92 Å². The minimum atomic E-state index is -4.40. The zero-order valence-electron chi connectivity index (χ0n) is 11.7. The summed E-state index contributed by atoms with van der Waals surface area (Å²) in [5, 5.41) is 14.3. The number of halogens is 3. The number of hydrogen-bond acceptors (Lipinski definition) is 2. The average Bonchev–Trinajstić information content (AvgIpc) is 2.42. The third-order valence-electron chi connectivity index (χ3n) is 2.83. The average molecular weight is 304 g/mol. The lowest BCUT2D eigenvalue weighted by Crippen LogP contribution is -2.39. The Bertz CT molecular complexity index is 464. The van der Waals surface area contributed by atoms with E-state index in [0.717, 1.165) is 18.6 Å². The lowest BCUT2D eigenvalue weighted by atomic mass is 10.1. The molecule has 2 amide bonds. The van der Waals surface area contributed by atoms with Gasteiger partial charge in [0.25, 0.3) is 0 Å². The molecule has 0 spiro atoms. The van der Waals surface area contributed by atoms with Crippen LogP contribution in [0.4, 0.5) is 18.0 Å². The van der Waals surface area contributed by atoms with Crippen LogP contribution in [-0.4, -0.2) is 23.8 Å². The van der Waals surface area contributed by atoms with Gasteiger partial charge in [0.15, 0.2) is 0 Å². The van der Waals surface area contributed by atoms with E-state index in [1.165, 1.54) is 12.1 Å². The fourth-order valence-corrected chi connectivity index (χ4v) is 1.75. The highest BCUT2D eigenvalue weighted by Crippen LogP contribution is 2.29. The predicted molar refractivity (Wildman–Crippen MR) is 72.6 cm³/mol. The van der Waals surface area contributed by atoms with Crippen molar-refractivity contribution in [3.8, 4) is 0 Å². The third-order valence-corrected chi connectivity index (χ3v) is 2.83. The van der Waals surface area contributed by atoms with E-state index in [-0.39, 0.29) is 13.1 Å². The van der Waals surface area contributed by atoms with Crippen LogP contribution >= 0.6 is 0 Å². The van der Waals surface area contributed by atoms with E-state index >= 15 is 0 Å². The number of hydrogen-bond donors (Lipinski definition) is 3. The Balaban J connectivity index is 2.43. The lowest BCUT2D eigenvalue weighted by molar-refractivity contribution is -0.137. The summed E-state index contributed by atoms with van der Waals surface area (Å²) in [5.41, 5.74) is -0.394. The molecule has 0 saturated heterocycles. The molecule has 1 aromatic carbocycles. The van der Waals surface area contributed by atoms with Gasteiger partial charge in [0, 0.05) is 13.1 Å². The van der Waals surface area contributed by atoms with Crippen LogP contribution in [0.25, 0.3) is 0 Å². The van der Waals surface area contributed by atoms with Crippen molar-refractivity contribution in [2.24, 2.45) is 0 Å². The van der Waals surface area contributed by atoms with E-state index in [9.17, 15) is 23.1 Å². The zero-order valence-corrected chi connectivity index (χ0v) is 11.7. The van der Waals surface area contributed by atoms with Gasteiger partial charge in [-0.25, -0.2) is 4.79 Å². The summed E-state index contributed by atoms with van der Waals surface area (Å²) in [6.45, 7) is 2.01. The largest absolute Gasteiger partial charge is 0.416 e. The van der Waals surface area contributed by atoms with Crippen LogP contribution in [0.5, 0.6) is 0 Å².